The van der Waals surface area contributed by atoms with Gasteiger partial charge in [0.1, 0.15) is 0 Å². The van der Waals surface area contributed by atoms with Gasteiger partial charge in [0.25, 0.3) is 5.91 Å². The topological polar surface area (TPSA) is 107 Å². The van der Waals surface area contributed by atoms with Crippen LogP contribution in [0.25, 0.3) is 0 Å². The molecule has 2 amide bonds. The first-order valence-corrected chi connectivity index (χ1v) is 9.54. The quantitative estimate of drug-likeness (QED) is 0.808. The number of anilines is 2. The molecule has 1 aromatic heterocycles. The Balaban J connectivity index is 1.57. The number of hydrogen-bond donors (Lipinski definition) is 2. The molecule has 1 fully saturated rings. The minimum Gasteiger partial charge on any atom is -0.450 e. The van der Waals surface area contributed by atoms with Crippen molar-refractivity contribution in [3.05, 3.63) is 53.9 Å². The molecule has 0 unspecified atom stereocenters. The smallest absolute Gasteiger partial charge is 0.409 e. The number of amides is 2. The van der Waals surface area contributed by atoms with Gasteiger partial charge in [-0.2, -0.15) is 5.26 Å². The highest BCUT2D eigenvalue weighted by Gasteiger charge is 2.24. The lowest BCUT2D eigenvalue weighted by Gasteiger charge is -2.31. The van der Waals surface area contributed by atoms with Crippen molar-refractivity contribution >= 4 is 23.4 Å². The summed E-state index contributed by atoms with van der Waals surface area (Å²) in [5.41, 5.74) is 2.39. The van der Waals surface area contributed by atoms with Gasteiger partial charge in [0, 0.05) is 31.0 Å². The maximum Gasteiger partial charge on any atom is 0.409 e. The van der Waals surface area contributed by atoms with E-state index in [0.29, 0.717) is 49.4 Å². The number of pyridine rings is 1. The van der Waals surface area contributed by atoms with E-state index in [2.05, 4.69) is 21.7 Å². The Bertz CT molecular complexity index is 917. The van der Waals surface area contributed by atoms with Crippen LogP contribution in [0, 0.1) is 11.3 Å². The minimum atomic E-state index is -0.305. The van der Waals surface area contributed by atoms with Gasteiger partial charge in [0.15, 0.2) is 0 Å². The van der Waals surface area contributed by atoms with E-state index < -0.39 is 0 Å². The van der Waals surface area contributed by atoms with Crippen LogP contribution in [0.5, 0.6) is 0 Å². The molecule has 3 rings (SSSR count). The van der Waals surface area contributed by atoms with Crippen molar-refractivity contribution in [2.24, 2.45) is 0 Å². The monoisotopic (exact) mass is 393 g/mol. The van der Waals surface area contributed by atoms with Crippen LogP contribution in [0.2, 0.25) is 0 Å². The molecule has 0 radical (unpaired) electrons. The summed E-state index contributed by atoms with van der Waals surface area (Å²) in [5.74, 6) is -0.207. The average Bonchev–Trinajstić information content (AvgIpc) is 2.74. The fourth-order valence-electron chi connectivity index (χ4n) is 3.16. The van der Waals surface area contributed by atoms with Gasteiger partial charge in [-0.1, -0.05) is 6.07 Å². The molecule has 2 heterocycles. The number of nitrogens with zero attached hydrogens (tertiary/aromatic N) is 3. The van der Waals surface area contributed by atoms with Crippen molar-refractivity contribution in [2.75, 3.05) is 25.0 Å². The summed E-state index contributed by atoms with van der Waals surface area (Å²) in [4.78, 5) is 30.2. The van der Waals surface area contributed by atoms with Crippen LogP contribution in [0.1, 0.15) is 35.7 Å². The number of rotatable bonds is 5. The molecule has 2 N–H and O–H groups in total. The van der Waals surface area contributed by atoms with Gasteiger partial charge in [-0.15, -0.1) is 0 Å². The van der Waals surface area contributed by atoms with E-state index in [4.69, 9.17) is 10.00 Å². The predicted octanol–water partition coefficient (Wildman–Crippen LogP) is 3.05. The van der Waals surface area contributed by atoms with E-state index in [1.807, 2.05) is 6.07 Å². The number of likely N-dealkylation sites (tertiary alicyclic amines) is 1. The molecule has 1 aliphatic rings. The average molecular weight is 393 g/mol. The van der Waals surface area contributed by atoms with E-state index in [9.17, 15) is 9.59 Å². The van der Waals surface area contributed by atoms with Crippen LogP contribution in [-0.4, -0.2) is 47.6 Å². The second-order valence-electron chi connectivity index (χ2n) is 6.71. The summed E-state index contributed by atoms with van der Waals surface area (Å²) in [5, 5.41) is 15.2. The molecule has 0 spiro atoms. The highest BCUT2D eigenvalue weighted by molar-refractivity contribution is 5.95. The molecule has 1 aromatic carbocycles. The third-order valence-electron chi connectivity index (χ3n) is 4.64. The molecule has 0 saturated carbocycles. The van der Waals surface area contributed by atoms with Gasteiger partial charge in [0.2, 0.25) is 0 Å². The normalized spacial score (nSPS) is 14.0. The molecule has 150 valence electrons. The van der Waals surface area contributed by atoms with Gasteiger partial charge in [-0.3, -0.25) is 9.78 Å². The third kappa shape index (κ3) is 5.45. The number of hydrogen-bond acceptors (Lipinski definition) is 6. The SMILES string of the molecule is CCOC(=O)N1CCC(NC(=O)c2cncc(Nc3cccc(C#N)c3)c2)CC1. The Morgan fingerprint density at radius 3 is 2.76 bits per heavy atom. The Labute approximate surface area is 169 Å². The zero-order valence-electron chi connectivity index (χ0n) is 16.2. The van der Waals surface area contributed by atoms with Crippen LogP contribution in [0.15, 0.2) is 42.7 Å². The summed E-state index contributed by atoms with van der Waals surface area (Å²) in [6, 6.07) is 10.9. The maximum absolute atomic E-state index is 12.6. The van der Waals surface area contributed by atoms with Crippen LogP contribution >= 0.6 is 0 Å². The van der Waals surface area contributed by atoms with Crippen molar-refractivity contribution in [1.29, 1.82) is 5.26 Å². The fourth-order valence-corrected chi connectivity index (χ4v) is 3.16. The molecule has 29 heavy (non-hydrogen) atoms. The number of aromatic nitrogens is 1. The zero-order chi connectivity index (χ0) is 20.6. The van der Waals surface area contributed by atoms with E-state index >= 15 is 0 Å². The van der Waals surface area contributed by atoms with Crippen molar-refractivity contribution in [3.8, 4) is 6.07 Å². The Morgan fingerprint density at radius 2 is 2.03 bits per heavy atom. The maximum atomic E-state index is 12.6. The van der Waals surface area contributed by atoms with Crippen molar-refractivity contribution in [2.45, 2.75) is 25.8 Å². The lowest BCUT2D eigenvalue weighted by molar-refractivity contribution is 0.0860. The number of nitriles is 1. The molecule has 8 heteroatoms. The minimum absolute atomic E-state index is 0.00268. The second kappa shape index (κ2) is 9.55. The highest BCUT2D eigenvalue weighted by Crippen LogP contribution is 2.18. The Morgan fingerprint density at radius 1 is 1.24 bits per heavy atom. The van der Waals surface area contributed by atoms with E-state index in [1.54, 1.807) is 42.3 Å². The first-order chi connectivity index (χ1) is 14.1. The zero-order valence-corrected chi connectivity index (χ0v) is 16.2. The summed E-state index contributed by atoms with van der Waals surface area (Å²) in [7, 11) is 0. The second-order valence-corrected chi connectivity index (χ2v) is 6.71. The lowest BCUT2D eigenvalue weighted by atomic mass is 10.0. The van der Waals surface area contributed by atoms with Gasteiger partial charge >= 0.3 is 6.09 Å². The van der Waals surface area contributed by atoms with Crippen molar-refractivity contribution < 1.29 is 14.3 Å². The molecule has 1 saturated heterocycles. The number of piperidine rings is 1. The Hall–Kier alpha value is -3.60. The molecular weight excluding hydrogens is 370 g/mol. The third-order valence-corrected chi connectivity index (χ3v) is 4.64. The summed E-state index contributed by atoms with van der Waals surface area (Å²) < 4.78 is 5.01. The molecule has 0 bridgehead atoms. The summed E-state index contributed by atoms with van der Waals surface area (Å²) in [6.07, 6.45) is 4.18. The summed E-state index contributed by atoms with van der Waals surface area (Å²) >= 11 is 0. The van der Waals surface area contributed by atoms with Crippen molar-refractivity contribution in [1.82, 2.24) is 15.2 Å². The predicted molar refractivity (Wildman–Crippen MR) is 108 cm³/mol. The molecule has 0 aliphatic carbocycles. The van der Waals surface area contributed by atoms with Gasteiger partial charge in [0.05, 0.1) is 35.7 Å². The van der Waals surface area contributed by atoms with Gasteiger partial charge in [-0.05, 0) is 44.0 Å². The molecular formula is C21H23N5O3. The standard InChI is InChI=1S/C21H23N5O3/c1-2-29-21(28)26-8-6-17(7-9-26)25-20(27)16-11-19(14-23-13-16)24-18-5-3-4-15(10-18)12-22/h3-5,10-11,13-14,17,24H,2,6-9H2,1H3,(H,25,27). The number of carbonyl (C=O) groups excluding carboxylic acids is 2. The highest BCUT2D eigenvalue weighted by atomic mass is 16.6. The molecule has 8 nitrogen and oxygen atoms in total. The number of benzene rings is 1. The van der Waals surface area contributed by atoms with Crippen LogP contribution in [0.4, 0.5) is 16.2 Å². The number of carbonyl (C=O) groups is 2. The number of ether oxygens (including phenoxy) is 1. The van der Waals surface area contributed by atoms with Crippen molar-refractivity contribution in [3.63, 3.8) is 0 Å². The fraction of sp³-hybridized carbons (Fsp3) is 0.333. The van der Waals surface area contributed by atoms with E-state index in [1.165, 1.54) is 6.20 Å². The number of nitrogens with one attached hydrogen (secondary N) is 2. The molecule has 1 aliphatic heterocycles. The lowest BCUT2D eigenvalue weighted by Crippen LogP contribution is -2.46. The first-order valence-electron chi connectivity index (χ1n) is 9.54. The van der Waals surface area contributed by atoms with E-state index in [0.717, 1.165) is 5.69 Å². The van der Waals surface area contributed by atoms with Crippen LogP contribution < -0.4 is 10.6 Å². The summed E-state index contributed by atoms with van der Waals surface area (Å²) in [6.45, 7) is 3.24. The van der Waals surface area contributed by atoms with Gasteiger partial charge < -0.3 is 20.3 Å². The first kappa shape index (κ1) is 20.1. The van der Waals surface area contributed by atoms with Crippen LogP contribution in [0.3, 0.4) is 0 Å². The van der Waals surface area contributed by atoms with Crippen LogP contribution in [-0.2, 0) is 4.74 Å². The molecule has 0 atom stereocenters. The molecule has 2 aromatic rings. The largest absolute Gasteiger partial charge is 0.450 e. The van der Waals surface area contributed by atoms with E-state index in [-0.39, 0.29) is 18.0 Å². The van der Waals surface area contributed by atoms with Gasteiger partial charge in [-0.25, -0.2) is 4.79 Å². The Kier molecular flexibility index (Phi) is 6.63.